The molecule has 4 heteroatoms. The molecule has 0 spiro atoms. The fourth-order valence-corrected chi connectivity index (χ4v) is 1.76. The molecule has 1 fully saturated rings. The summed E-state index contributed by atoms with van der Waals surface area (Å²) in [7, 11) is 0. The van der Waals surface area contributed by atoms with Crippen LogP contribution in [0.15, 0.2) is 24.3 Å². The van der Waals surface area contributed by atoms with E-state index in [1.165, 1.54) is 0 Å². The van der Waals surface area contributed by atoms with Gasteiger partial charge in [-0.2, -0.15) is 0 Å². The van der Waals surface area contributed by atoms with E-state index in [9.17, 15) is 0 Å². The fraction of sp³-hybridized carbons (Fsp3) is 0.500. The van der Waals surface area contributed by atoms with Gasteiger partial charge in [-0.3, -0.25) is 0 Å². The lowest BCUT2D eigenvalue weighted by molar-refractivity contribution is 0.170. The Labute approximate surface area is 95.0 Å². The predicted octanol–water partition coefficient (Wildman–Crippen LogP) is 1.13. The van der Waals surface area contributed by atoms with Crippen molar-refractivity contribution in [2.45, 2.75) is 12.5 Å². The van der Waals surface area contributed by atoms with Gasteiger partial charge in [0.2, 0.25) is 0 Å². The molecule has 0 saturated carbocycles. The summed E-state index contributed by atoms with van der Waals surface area (Å²) >= 11 is 0. The summed E-state index contributed by atoms with van der Waals surface area (Å²) in [6, 6.07) is 6.66. The van der Waals surface area contributed by atoms with Crippen molar-refractivity contribution in [1.29, 1.82) is 0 Å². The molecule has 0 aromatic heterocycles. The number of rotatable bonds is 4. The van der Waals surface area contributed by atoms with Gasteiger partial charge in [-0.05, 0) is 30.7 Å². The molecule has 4 nitrogen and oxygen atoms in total. The maximum Gasteiger partial charge on any atom is 0.119 e. The highest BCUT2D eigenvalue weighted by Crippen LogP contribution is 2.19. The number of aromatic hydroxyl groups is 1. The number of benzene rings is 1. The van der Waals surface area contributed by atoms with Crippen LogP contribution in [0.4, 0.5) is 0 Å². The van der Waals surface area contributed by atoms with Crippen LogP contribution in [0, 0.1) is 5.92 Å². The molecule has 2 rings (SSSR count). The van der Waals surface area contributed by atoms with Crippen LogP contribution >= 0.6 is 0 Å². The molecule has 0 radical (unpaired) electrons. The fourth-order valence-electron chi connectivity index (χ4n) is 1.76. The molecule has 1 aromatic carbocycles. The standard InChI is InChI=1S/C12H17NO3/c13-12(9-5-6-15-7-9)8-16-11-3-1-10(14)2-4-11/h1-4,9,12,14H,5-8,13H2. The molecule has 1 aliphatic heterocycles. The third-order valence-electron chi connectivity index (χ3n) is 2.85. The van der Waals surface area contributed by atoms with Crippen LogP contribution in [0.25, 0.3) is 0 Å². The molecule has 0 amide bonds. The van der Waals surface area contributed by atoms with E-state index in [0.717, 1.165) is 25.4 Å². The second-order valence-electron chi connectivity index (χ2n) is 4.09. The van der Waals surface area contributed by atoms with Gasteiger partial charge in [0, 0.05) is 18.6 Å². The lowest BCUT2D eigenvalue weighted by Gasteiger charge is -2.18. The van der Waals surface area contributed by atoms with Gasteiger partial charge < -0.3 is 20.3 Å². The summed E-state index contributed by atoms with van der Waals surface area (Å²) in [5.41, 5.74) is 6.00. The third kappa shape index (κ3) is 2.87. The molecule has 2 atom stereocenters. The van der Waals surface area contributed by atoms with E-state index in [0.29, 0.717) is 12.5 Å². The summed E-state index contributed by atoms with van der Waals surface area (Å²) in [5.74, 6) is 1.37. The quantitative estimate of drug-likeness (QED) is 0.803. The molecule has 3 N–H and O–H groups in total. The minimum atomic E-state index is 0.0105. The van der Waals surface area contributed by atoms with Crippen molar-refractivity contribution >= 4 is 0 Å². The Morgan fingerprint density at radius 3 is 2.81 bits per heavy atom. The van der Waals surface area contributed by atoms with Crippen molar-refractivity contribution in [2.75, 3.05) is 19.8 Å². The lowest BCUT2D eigenvalue weighted by atomic mass is 10.0. The summed E-state index contributed by atoms with van der Waals surface area (Å²) in [6.07, 6.45) is 1.01. The van der Waals surface area contributed by atoms with Gasteiger partial charge in [-0.25, -0.2) is 0 Å². The van der Waals surface area contributed by atoms with Crippen molar-refractivity contribution in [1.82, 2.24) is 0 Å². The minimum absolute atomic E-state index is 0.0105. The van der Waals surface area contributed by atoms with Crippen molar-refractivity contribution in [3.63, 3.8) is 0 Å². The minimum Gasteiger partial charge on any atom is -0.508 e. The maximum atomic E-state index is 9.11. The van der Waals surface area contributed by atoms with Gasteiger partial charge in [-0.15, -0.1) is 0 Å². The number of nitrogens with two attached hydrogens (primary N) is 1. The molecule has 0 aliphatic carbocycles. The number of hydrogen-bond donors (Lipinski definition) is 2. The Balaban J connectivity index is 1.80. The molecule has 88 valence electrons. The zero-order valence-corrected chi connectivity index (χ0v) is 9.13. The molecule has 1 aromatic rings. The maximum absolute atomic E-state index is 9.11. The molecular weight excluding hydrogens is 206 g/mol. The summed E-state index contributed by atoms with van der Waals surface area (Å²) < 4.78 is 10.8. The van der Waals surface area contributed by atoms with Crippen LogP contribution in [-0.2, 0) is 4.74 Å². The Morgan fingerprint density at radius 2 is 2.19 bits per heavy atom. The SMILES string of the molecule is NC(COc1ccc(O)cc1)C1CCOC1. The van der Waals surface area contributed by atoms with E-state index < -0.39 is 0 Å². The average Bonchev–Trinajstić information content (AvgIpc) is 2.81. The van der Waals surface area contributed by atoms with Gasteiger partial charge in [0.15, 0.2) is 0 Å². The number of ether oxygens (including phenoxy) is 2. The van der Waals surface area contributed by atoms with Crippen molar-refractivity contribution in [3.05, 3.63) is 24.3 Å². The first-order chi connectivity index (χ1) is 7.75. The van der Waals surface area contributed by atoms with E-state index in [1.54, 1.807) is 24.3 Å². The van der Waals surface area contributed by atoms with E-state index in [4.69, 9.17) is 20.3 Å². The van der Waals surface area contributed by atoms with E-state index in [1.807, 2.05) is 0 Å². The predicted molar refractivity (Wildman–Crippen MR) is 60.5 cm³/mol. The number of hydrogen-bond acceptors (Lipinski definition) is 4. The Kier molecular flexibility index (Phi) is 3.64. The topological polar surface area (TPSA) is 64.7 Å². The van der Waals surface area contributed by atoms with Crippen LogP contribution in [0.3, 0.4) is 0 Å². The number of phenolic OH excluding ortho intramolecular Hbond substituents is 1. The number of phenols is 1. The Hall–Kier alpha value is -1.26. The normalized spacial score (nSPS) is 21.9. The van der Waals surface area contributed by atoms with E-state index in [-0.39, 0.29) is 11.8 Å². The summed E-state index contributed by atoms with van der Waals surface area (Å²) in [5, 5.41) is 9.11. The highest BCUT2D eigenvalue weighted by atomic mass is 16.5. The van der Waals surface area contributed by atoms with Crippen LogP contribution in [0.2, 0.25) is 0 Å². The van der Waals surface area contributed by atoms with Gasteiger partial charge in [-0.1, -0.05) is 0 Å². The zero-order valence-electron chi connectivity index (χ0n) is 9.13. The highest BCUT2D eigenvalue weighted by molar-refractivity contribution is 5.30. The smallest absolute Gasteiger partial charge is 0.119 e. The molecule has 1 aliphatic rings. The van der Waals surface area contributed by atoms with Crippen molar-refractivity contribution in [2.24, 2.45) is 11.7 Å². The van der Waals surface area contributed by atoms with Gasteiger partial charge in [0.25, 0.3) is 0 Å². The first kappa shape index (κ1) is 11.2. The second kappa shape index (κ2) is 5.18. The zero-order chi connectivity index (χ0) is 11.4. The van der Waals surface area contributed by atoms with Gasteiger partial charge >= 0.3 is 0 Å². The van der Waals surface area contributed by atoms with Crippen LogP contribution in [-0.4, -0.2) is 31.0 Å². The molecule has 2 unspecified atom stereocenters. The van der Waals surface area contributed by atoms with Gasteiger partial charge in [0.05, 0.1) is 6.61 Å². The molecular formula is C12H17NO3. The lowest BCUT2D eigenvalue weighted by Crippen LogP contribution is -2.36. The Bertz CT molecular complexity index is 320. The molecule has 16 heavy (non-hydrogen) atoms. The largest absolute Gasteiger partial charge is 0.508 e. The van der Waals surface area contributed by atoms with Crippen LogP contribution in [0.5, 0.6) is 11.5 Å². The second-order valence-corrected chi connectivity index (χ2v) is 4.09. The van der Waals surface area contributed by atoms with Crippen molar-refractivity contribution in [3.8, 4) is 11.5 Å². The van der Waals surface area contributed by atoms with Crippen LogP contribution < -0.4 is 10.5 Å². The van der Waals surface area contributed by atoms with Crippen LogP contribution in [0.1, 0.15) is 6.42 Å². The van der Waals surface area contributed by atoms with Crippen molar-refractivity contribution < 1.29 is 14.6 Å². The molecule has 1 saturated heterocycles. The first-order valence-electron chi connectivity index (χ1n) is 5.51. The summed E-state index contributed by atoms with van der Waals surface area (Å²) in [4.78, 5) is 0. The summed E-state index contributed by atoms with van der Waals surface area (Å²) in [6.45, 7) is 2.02. The Morgan fingerprint density at radius 1 is 1.44 bits per heavy atom. The molecule has 1 heterocycles. The monoisotopic (exact) mass is 223 g/mol. The molecule has 0 bridgehead atoms. The third-order valence-corrected chi connectivity index (χ3v) is 2.85. The van der Waals surface area contributed by atoms with E-state index >= 15 is 0 Å². The van der Waals surface area contributed by atoms with Gasteiger partial charge in [0.1, 0.15) is 18.1 Å². The highest BCUT2D eigenvalue weighted by Gasteiger charge is 2.23. The first-order valence-corrected chi connectivity index (χ1v) is 5.51. The van der Waals surface area contributed by atoms with E-state index in [2.05, 4.69) is 0 Å². The average molecular weight is 223 g/mol.